The van der Waals surface area contributed by atoms with Gasteiger partial charge in [0.2, 0.25) is 0 Å². The van der Waals surface area contributed by atoms with Crippen molar-refractivity contribution in [3.8, 4) is 0 Å². The van der Waals surface area contributed by atoms with E-state index in [4.69, 9.17) is 5.11 Å². The maximum absolute atomic E-state index is 10.5. The highest BCUT2D eigenvalue weighted by atomic mass is 32.2. The molecule has 0 aliphatic heterocycles. The molecule has 6 heteroatoms. The van der Waals surface area contributed by atoms with Crippen molar-refractivity contribution in [1.29, 1.82) is 0 Å². The molecule has 0 fully saturated rings. The first-order chi connectivity index (χ1) is 4.48. The summed E-state index contributed by atoms with van der Waals surface area (Å²) in [6, 6.07) is 0. The molecule has 0 aliphatic carbocycles. The van der Waals surface area contributed by atoms with Gasteiger partial charge in [0.1, 0.15) is 11.7 Å². The third-order valence-electron chi connectivity index (χ3n) is 0.641. The monoisotopic (exact) mass is 168 g/mol. The summed E-state index contributed by atoms with van der Waals surface area (Å²) in [5.41, 5.74) is 0. The smallest absolute Gasteiger partial charge is 0.318 e. The molecule has 0 unspecified atom stereocenters. The van der Waals surface area contributed by atoms with Crippen LogP contribution in [0.25, 0.3) is 0 Å². The molecular formula is C4H8O5S. The zero-order valence-corrected chi connectivity index (χ0v) is 6.22. The minimum absolute atomic E-state index is 0.542. The van der Waals surface area contributed by atoms with Gasteiger partial charge in [-0.05, 0) is 0 Å². The minimum Gasteiger partial charge on any atom is -0.480 e. The van der Waals surface area contributed by atoms with E-state index < -0.39 is 27.5 Å². The molecule has 5 nitrogen and oxygen atoms in total. The average molecular weight is 168 g/mol. The van der Waals surface area contributed by atoms with E-state index in [1.807, 2.05) is 0 Å². The van der Waals surface area contributed by atoms with Crippen molar-refractivity contribution in [2.75, 3.05) is 18.8 Å². The van der Waals surface area contributed by atoms with Crippen LogP contribution in [0.3, 0.4) is 0 Å². The number of carbonyl (C=O) groups is 1. The first-order valence-corrected chi connectivity index (χ1v) is 4.21. The maximum atomic E-state index is 10.5. The Morgan fingerprint density at radius 1 is 1.60 bits per heavy atom. The van der Waals surface area contributed by atoms with Gasteiger partial charge in [-0.3, -0.25) is 4.79 Å². The number of hydrogen-bond acceptors (Lipinski definition) is 4. The topological polar surface area (TPSA) is 80.7 Å². The van der Waals surface area contributed by atoms with E-state index in [2.05, 4.69) is 4.74 Å². The molecule has 10 heavy (non-hydrogen) atoms. The lowest BCUT2D eigenvalue weighted by Gasteiger charge is -1.96. The van der Waals surface area contributed by atoms with E-state index in [-0.39, 0.29) is 0 Å². The highest BCUT2D eigenvalue weighted by Gasteiger charge is 2.14. The van der Waals surface area contributed by atoms with Gasteiger partial charge in [0, 0.05) is 7.11 Å². The van der Waals surface area contributed by atoms with Gasteiger partial charge >= 0.3 is 5.97 Å². The predicted octanol–water partition coefficient (Wildman–Crippen LogP) is -0.910. The quantitative estimate of drug-likeness (QED) is 0.587. The summed E-state index contributed by atoms with van der Waals surface area (Å²) in [7, 11) is -2.36. The summed E-state index contributed by atoms with van der Waals surface area (Å²) in [6.07, 6.45) is 0. The van der Waals surface area contributed by atoms with Gasteiger partial charge in [0.05, 0.1) is 0 Å². The Morgan fingerprint density at radius 2 is 2.10 bits per heavy atom. The second-order valence-electron chi connectivity index (χ2n) is 1.69. The normalized spacial score (nSPS) is 11.3. The highest BCUT2D eigenvalue weighted by Crippen LogP contribution is 1.88. The van der Waals surface area contributed by atoms with Crippen LogP contribution in [0, 0.1) is 0 Å². The molecule has 0 heterocycles. The second-order valence-corrected chi connectivity index (χ2v) is 3.70. The van der Waals surface area contributed by atoms with Crippen molar-refractivity contribution in [2.24, 2.45) is 0 Å². The molecule has 1 N–H and O–H groups in total. The Bertz CT molecular complexity index is 204. The van der Waals surface area contributed by atoms with E-state index in [0.717, 1.165) is 0 Å². The van der Waals surface area contributed by atoms with Gasteiger partial charge in [-0.15, -0.1) is 0 Å². The Labute approximate surface area is 58.5 Å². The zero-order valence-electron chi connectivity index (χ0n) is 5.40. The van der Waals surface area contributed by atoms with Crippen molar-refractivity contribution in [1.82, 2.24) is 0 Å². The van der Waals surface area contributed by atoms with E-state index in [1.165, 1.54) is 7.11 Å². The van der Waals surface area contributed by atoms with E-state index in [9.17, 15) is 13.2 Å². The number of sulfone groups is 1. The van der Waals surface area contributed by atoms with Gasteiger partial charge in [-0.25, -0.2) is 8.42 Å². The van der Waals surface area contributed by atoms with Crippen LogP contribution in [0.4, 0.5) is 0 Å². The standard InChI is InChI=1S/C4H8O5S/c1-9-3-10(7,8)2-4(5)6/h2-3H2,1H3,(H,5,6). The summed E-state index contributed by atoms with van der Waals surface area (Å²) in [4.78, 5) is 9.86. The molecule has 0 rings (SSSR count). The number of ether oxygens (including phenoxy) is 1. The number of hydrogen-bond donors (Lipinski definition) is 1. The lowest BCUT2D eigenvalue weighted by molar-refractivity contribution is -0.134. The molecule has 60 valence electrons. The third-order valence-corrected chi connectivity index (χ3v) is 1.92. The van der Waals surface area contributed by atoms with Crippen LogP contribution in [0.5, 0.6) is 0 Å². The van der Waals surface area contributed by atoms with Crippen molar-refractivity contribution in [2.45, 2.75) is 0 Å². The number of methoxy groups -OCH3 is 1. The van der Waals surface area contributed by atoms with Crippen LogP contribution < -0.4 is 0 Å². The number of carboxylic acid groups (broad SMARTS) is 1. The first kappa shape index (κ1) is 9.38. The molecule has 0 aromatic heterocycles. The molecule has 0 aromatic rings. The summed E-state index contributed by atoms with van der Waals surface area (Å²) in [5.74, 6) is -2.78. The molecule has 0 amide bonds. The van der Waals surface area contributed by atoms with E-state index in [1.54, 1.807) is 0 Å². The molecule has 0 saturated carbocycles. The molecule has 0 atom stereocenters. The molecule has 0 bridgehead atoms. The van der Waals surface area contributed by atoms with E-state index >= 15 is 0 Å². The lowest BCUT2D eigenvalue weighted by Crippen LogP contribution is -2.18. The van der Waals surface area contributed by atoms with Crippen LogP contribution >= 0.6 is 0 Å². The Balaban J connectivity index is 4.02. The van der Waals surface area contributed by atoms with Crippen LogP contribution in [0.2, 0.25) is 0 Å². The van der Waals surface area contributed by atoms with Crippen LogP contribution in [0.1, 0.15) is 0 Å². The summed E-state index contributed by atoms with van der Waals surface area (Å²) < 4.78 is 25.3. The highest BCUT2D eigenvalue weighted by molar-refractivity contribution is 7.91. The fourth-order valence-electron chi connectivity index (χ4n) is 0.409. The van der Waals surface area contributed by atoms with Crippen molar-refractivity contribution in [3.63, 3.8) is 0 Å². The molecule has 0 radical (unpaired) electrons. The molecular weight excluding hydrogens is 160 g/mol. The van der Waals surface area contributed by atoms with Gasteiger partial charge < -0.3 is 9.84 Å². The lowest BCUT2D eigenvalue weighted by atomic mass is 10.8. The largest absolute Gasteiger partial charge is 0.480 e. The zero-order chi connectivity index (χ0) is 8.20. The minimum atomic E-state index is -3.55. The van der Waals surface area contributed by atoms with Crippen LogP contribution in [-0.4, -0.2) is 38.3 Å². The van der Waals surface area contributed by atoms with Gasteiger partial charge in [0.15, 0.2) is 9.84 Å². The number of carboxylic acids is 1. The Morgan fingerprint density at radius 3 is 2.40 bits per heavy atom. The van der Waals surface area contributed by atoms with Crippen LogP contribution in [0.15, 0.2) is 0 Å². The summed E-state index contributed by atoms with van der Waals surface area (Å²) in [6.45, 7) is 0. The summed E-state index contributed by atoms with van der Waals surface area (Å²) in [5, 5.41) is 8.04. The van der Waals surface area contributed by atoms with Crippen molar-refractivity contribution < 1.29 is 23.1 Å². The average Bonchev–Trinajstić information content (AvgIpc) is 1.59. The molecule has 0 saturated heterocycles. The fourth-order valence-corrected chi connectivity index (χ4v) is 1.23. The Hall–Kier alpha value is -0.620. The molecule has 0 aliphatic rings. The second kappa shape index (κ2) is 3.52. The number of aliphatic carboxylic acids is 1. The van der Waals surface area contributed by atoms with Crippen molar-refractivity contribution in [3.05, 3.63) is 0 Å². The van der Waals surface area contributed by atoms with Gasteiger partial charge in [-0.1, -0.05) is 0 Å². The molecule has 0 aromatic carbocycles. The third kappa shape index (κ3) is 4.28. The van der Waals surface area contributed by atoms with Gasteiger partial charge in [0.25, 0.3) is 0 Å². The van der Waals surface area contributed by atoms with Crippen molar-refractivity contribution >= 4 is 15.8 Å². The summed E-state index contributed by atoms with van der Waals surface area (Å²) >= 11 is 0. The maximum Gasteiger partial charge on any atom is 0.318 e. The SMILES string of the molecule is COCS(=O)(=O)CC(=O)O. The van der Waals surface area contributed by atoms with E-state index in [0.29, 0.717) is 0 Å². The molecule has 0 spiro atoms. The predicted molar refractivity (Wildman–Crippen MR) is 33.3 cm³/mol. The fraction of sp³-hybridized carbons (Fsp3) is 0.750. The number of rotatable bonds is 4. The van der Waals surface area contributed by atoms with Crippen LogP contribution in [-0.2, 0) is 19.4 Å². The first-order valence-electron chi connectivity index (χ1n) is 2.39. The Kier molecular flexibility index (Phi) is 3.31. The van der Waals surface area contributed by atoms with Gasteiger partial charge in [-0.2, -0.15) is 0 Å².